The van der Waals surface area contributed by atoms with Gasteiger partial charge in [0.2, 0.25) is 0 Å². The summed E-state index contributed by atoms with van der Waals surface area (Å²) in [4.78, 5) is 20.3. The molecular weight excluding hydrogens is 156 g/mol. The van der Waals surface area contributed by atoms with Gasteiger partial charge in [-0.25, -0.2) is 9.59 Å². The van der Waals surface area contributed by atoms with Crippen molar-refractivity contribution in [1.82, 2.24) is 20.2 Å². The SMILES string of the molecule is O=C(O)c1nnnn1C(=O)O. The highest BCUT2D eigenvalue weighted by Crippen LogP contribution is 1.89. The Bertz CT molecular complexity index is 276. The van der Waals surface area contributed by atoms with E-state index in [0.717, 1.165) is 0 Å². The number of aromatic carboxylic acids is 1. The molecule has 0 saturated carbocycles. The number of carboxylic acids is 1. The van der Waals surface area contributed by atoms with E-state index in [9.17, 15) is 9.59 Å². The molecule has 0 fully saturated rings. The van der Waals surface area contributed by atoms with E-state index >= 15 is 0 Å². The fraction of sp³-hybridized carbons (Fsp3) is 0. The number of carboxylic acid groups (broad SMARTS) is 2. The van der Waals surface area contributed by atoms with Crippen LogP contribution in [0.2, 0.25) is 0 Å². The predicted octanol–water partition coefficient (Wildman–Crippen LogP) is -1.10. The van der Waals surface area contributed by atoms with Crippen molar-refractivity contribution >= 4 is 12.1 Å². The number of nitrogens with zero attached hydrogens (tertiary/aromatic N) is 4. The Balaban J connectivity index is 3.16. The minimum Gasteiger partial charge on any atom is -0.475 e. The highest BCUT2D eigenvalue weighted by atomic mass is 16.4. The van der Waals surface area contributed by atoms with Crippen molar-refractivity contribution in [2.45, 2.75) is 0 Å². The number of hydrogen-bond acceptors (Lipinski definition) is 5. The molecule has 8 nitrogen and oxygen atoms in total. The van der Waals surface area contributed by atoms with Gasteiger partial charge in [0.05, 0.1) is 0 Å². The molecule has 11 heavy (non-hydrogen) atoms. The minimum atomic E-state index is -1.53. The van der Waals surface area contributed by atoms with Crippen LogP contribution in [0.25, 0.3) is 0 Å². The molecule has 58 valence electrons. The number of carbonyl (C=O) groups is 2. The lowest BCUT2D eigenvalue weighted by Crippen LogP contribution is -2.17. The third kappa shape index (κ3) is 1.13. The molecule has 0 amide bonds. The molecule has 0 aromatic carbocycles. The lowest BCUT2D eigenvalue weighted by atomic mass is 10.6. The van der Waals surface area contributed by atoms with Gasteiger partial charge in [-0.3, -0.25) is 0 Å². The van der Waals surface area contributed by atoms with Crippen LogP contribution in [-0.2, 0) is 0 Å². The first-order chi connectivity index (χ1) is 5.13. The van der Waals surface area contributed by atoms with Crippen LogP contribution < -0.4 is 0 Å². The van der Waals surface area contributed by atoms with Gasteiger partial charge in [-0.2, -0.15) is 0 Å². The Labute approximate surface area is 59.1 Å². The van der Waals surface area contributed by atoms with Gasteiger partial charge in [-0.15, -0.1) is 9.78 Å². The van der Waals surface area contributed by atoms with Gasteiger partial charge in [-0.1, -0.05) is 0 Å². The highest BCUT2D eigenvalue weighted by Gasteiger charge is 2.17. The third-order valence-corrected chi connectivity index (χ3v) is 0.842. The lowest BCUT2D eigenvalue weighted by molar-refractivity contribution is 0.0675. The summed E-state index contributed by atoms with van der Waals surface area (Å²) in [5.41, 5.74) is 0. The zero-order valence-electron chi connectivity index (χ0n) is 5.00. The van der Waals surface area contributed by atoms with Gasteiger partial charge in [-0.05, 0) is 10.4 Å². The van der Waals surface area contributed by atoms with E-state index in [2.05, 4.69) is 15.5 Å². The molecule has 1 aromatic heterocycles. The molecule has 0 saturated heterocycles. The zero-order valence-corrected chi connectivity index (χ0v) is 5.00. The van der Waals surface area contributed by atoms with Crippen molar-refractivity contribution in [2.75, 3.05) is 0 Å². The summed E-state index contributed by atoms with van der Waals surface area (Å²) in [6, 6.07) is 0. The van der Waals surface area contributed by atoms with E-state index in [-0.39, 0.29) is 4.68 Å². The number of aromatic nitrogens is 4. The minimum absolute atomic E-state index is 0.169. The topological polar surface area (TPSA) is 118 Å². The molecule has 1 heterocycles. The Morgan fingerprint density at radius 1 is 1.36 bits per heavy atom. The second-order valence-corrected chi connectivity index (χ2v) is 1.50. The van der Waals surface area contributed by atoms with Crippen LogP contribution in [0.4, 0.5) is 4.79 Å². The van der Waals surface area contributed by atoms with Gasteiger partial charge in [0, 0.05) is 0 Å². The molecule has 0 aliphatic rings. The van der Waals surface area contributed by atoms with Crippen LogP contribution in [0.3, 0.4) is 0 Å². The second-order valence-electron chi connectivity index (χ2n) is 1.50. The fourth-order valence-corrected chi connectivity index (χ4v) is 0.449. The van der Waals surface area contributed by atoms with Crippen molar-refractivity contribution in [3.8, 4) is 0 Å². The monoisotopic (exact) mass is 158 g/mol. The maximum atomic E-state index is 10.2. The van der Waals surface area contributed by atoms with E-state index in [1.54, 1.807) is 0 Å². The summed E-state index contributed by atoms with van der Waals surface area (Å²) >= 11 is 0. The summed E-state index contributed by atoms with van der Waals surface area (Å²) < 4.78 is 0.169. The molecule has 8 heteroatoms. The van der Waals surface area contributed by atoms with E-state index in [1.165, 1.54) is 0 Å². The van der Waals surface area contributed by atoms with Crippen LogP contribution in [0, 0.1) is 0 Å². The predicted molar refractivity (Wildman–Crippen MR) is 28.2 cm³/mol. The molecule has 0 aliphatic carbocycles. The number of hydrogen-bond donors (Lipinski definition) is 2. The summed E-state index contributed by atoms with van der Waals surface area (Å²) in [5.74, 6) is -2.21. The molecule has 0 unspecified atom stereocenters. The molecule has 1 rings (SSSR count). The molecular formula is C3H2N4O4. The third-order valence-electron chi connectivity index (χ3n) is 0.842. The fourth-order valence-electron chi connectivity index (χ4n) is 0.449. The van der Waals surface area contributed by atoms with Gasteiger partial charge >= 0.3 is 12.1 Å². The average Bonchev–Trinajstić information content (AvgIpc) is 2.32. The van der Waals surface area contributed by atoms with Crippen LogP contribution in [0.5, 0.6) is 0 Å². The van der Waals surface area contributed by atoms with E-state index in [0.29, 0.717) is 0 Å². The largest absolute Gasteiger partial charge is 0.475 e. The van der Waals surface area contributed by atoms with Crippen LogP contribution in [0.15, 0.2) is 0 Å². The first-order valence-corrected chi connectivity index (χ1v) is 2.38. The molecule has 0 bridgehead atoms. The summed E-state index contributed by atoms with van der Waals surface area (Å²) in [5, 5.41) is 25.3. The van der Waals surface area contributed by atoms with E-state index in [4.69, 9.17) is 10.2 Å². The summed E-state index contributed by atoms with van der Waals surface area (Å²) in [7, 11) is 0. The highest BCUT2D eigenvalue weighted by molar-refractivity contribution is 5.87. The van der Waals surface area contributed by atoms with Gasteiger partial charge in [0.1, 0.15) is 0 Å². The van der Waals surface area contributed by atoms with Gasteiger partial charge in [0.25, 0.3) is 5.82 Å². The van der Waals surface area contributed by atoms with Crippen molar-refractivity contribution in [3.63, 3.8) is 0 Å². The van der Waals surface area contributed by atoms with Crippen molar-refractivity contribution in [1.29, 1.82) is 0 Å². The Morgan fingerprint density at radius 3 is 2.36 bits per heavy atom. The first-order valence-electron chi connectivity index (χ1n) is 2.38. The maximum Gasteiger partial charge on any atom is 0.436 e. The first kappa shape index (κ1) is 7.12. The van der Waals surface area contributed by atoms with Crippen LogP contribution >= 0.6 is 0 Å². The molecule has 2 N–H and O–H groups in total. The summed E-state index contributed by atoms with van der Waals surface area (Å²) in [6.07, 6.45) is -1.53. The summed E-state index contributed by atoms with van der Waals surface area (Å²) in [6.45, 7) is 0. The normalized spacial score (nSPS) is 9.45. The zero-order chi connectivity index (χ0) is 8.43. The standard InChI is InChI=1S/C3H2N4O4/c8-2(9)1-4-5-6-7(1)3(10)11/h(H,8,9)(H,10,11). The Hall–Kier alpha value is -1.99. The lowest BCUT2D eigenvalue weighted by Gasteiger charge is -1.89. The number of tetrazole rings is 1. The molecule has 1 aromatic rings. The number of rotatable bonds is 1. The Kier molecular flexibility index (Phi) is 1.51. The Morgan fingerprint density at radius 2 is 2.00 bits per heavy atom. The molecule has 0 radical (unpaired) electrons. The van der Waals surface area contributed by atoms with E-state index in [1.807, 2.05) is 0 Å². The second kappa shape index (κ2) is 2.33. The van der Waals surface area contributed by atoms with Crippen molar-refractivity contribution in [2.24, 2.45) is 0 Å². The smallest absolute Gasteiger partial charge is 0.436 e. The maximum absolute atomic E-state index is 10.2. The van der Waals surface area contributed by atoms with E-state index < -0.39 is 17.9 Å². The molecule has 0 atom stereocenters. The van der Waals surface area contributed by atoms with Crippen LogP contribution in [-0.4, -0.2) is 42.5 Å². The quantitative estimate of drug-likeness (QED) is 0.497. The van der Waals surface area contributed by atoms with Crippen LogP contribution in [0.1, 0.15) is 10.6 Å². The van der Waals surface area contributed by atoms with Gasteiger partial charge < -0.3 is 10.2 Å². The van der Waals surface area contributed by atoms with Crippen molar-refractivity contribution < 1.29 is 19.8 Å². The molecule has 0 spiro atoms. The molecule has 0 aliphatic heterocycles. The average molecular weight is 158 g/mol. The van der Waals surface area contributed by atoms with Crippen molar-refractivity contribution in [3.05, 3.63) is 5.82 Å². The van der Waals surface area contributed by atoms with Gasteiger partial charge in [0.15, 0.2) is 0 Å².